The molecule has 1 aromatic rings. The SMILES string of the molecule is CN(CC(=O)NC1CC1)CC(=O)/C(C#N)=C1/Sc2ccccc2N1C. The Labute approximate surface area is 151 Å². The van der Waals surface area contributed by atoms with Crippen molar-refractivity contribution < 1.29 is 9.59 Å². The van der Waals surface area contributed by atoms with Gasteiger partial charge in [-0.15, -0.1) is 0 Å². The lowest BCUT2D eigenvalue weighted by Gasteiger charge is -2.17. The zero-order chi connectivity index (χ0) is 18.0. The van der Waals surface area contributed by atoms with Crippen LogP contribution in [0.5, 0.6) is 0 Å². The summed E-state index contributed by atoms with van der Waals surface area (Å²) >= 11 is 1.43. The summed E-state index contributed by atoms with van der Waals surface area (Å²) in [7, 11) is 3.57. The molecule has 0 atom stereocenters. The Morgan fingerprint density at radius 3 is 2.72 bits per heavy atom. The maximum atomic E-state index is 12.6. The number of fused-ring (bicyclic) bond motifs is 1. The lowest BCUT2D eigenvalue weighted by molar-refractivity contribution is -0.122. The number of carbonyl (C=O) groups is 2. The second kappa shape index (κ2) is 7.30. The molecule has 3 rings (SSSR count). The van der Waals surface area contributed by atoms with Crippen LogP contribution in [-0.4, -0.2) is 49.8 Å². The van der Waals surface area contributed by atoms with Crippen molar-refractivity contribution in [2.24, 2.45) is 0 Å². The number of hydrogen-bond donors (Lipinski definition) is 1. The van der Waals surface area contributed by atoms with Crippen molar-refractivity contribution in [1.82, 2.24) is 10.2 Å². The number of nitriles is 1. The average Bonchev–Trinajstić information content (AvgIpc) is 3.31. The fourth-order valence-electron chi connectivity index (χ4n) is 2.68. The first kappa shape index (κ1) is 17.5. The van der Waals surface area contributed by atoms with Crippen LogP contribution in [0.2, 0.25) is 0 Å². The van der Waals surface area contributed by atoms with E-state index in [2.05, 4.69) is 11.4 Å². The summed E-state index contributed by atoms with van der Waals surface area (Å²) < 4.78 is 0. The molecule has 1 saturated carbocycles. The Hall–Kier alpha value is -2.30. The summed E-state index contributed by atoms with van der Waals surface area (Å²) in [6.07, 6.45) is 2.06. The summed E-state index contributed by atoms with van der Waals surface area (Å²) in [6.45, 7) is 0.189. The van der Waals surface area contributed by atoms with Gasteiger partial charge < -0.3 is 10.2 Å². The molecule has 2 aliphatic rings. The molecule has 0 spiro atoms. The highest BCUT2D eigenvalue weighted by molar-refractivity contribution is 8.03. The second-order valence-electron chi connectivity index (χ2n) is 6.36. The van der Waals surface area contributed by atoms with Gasteiger partial charge in [-0.25, -0.2) is 0 Å². The minimum Gasteiger partial charge on any atom is -0.352 e. The molecule has 6 nitrogen and oxygen atoms in total. The van der Waals surface area contributed by atoms with E-state index in [0.717, 1.165) is 23.4 Å². The Morgan fingerprint density at radius 2 is 2.08 bits per heavy atom. The van der Waals surface area contributed by atoms with E-state index in [4.69, 9.17) is 0 Å². The van der Waals surface area contributed by atoms with Gasteiger partial charge in [-0.3, -0.25) is 14.5 Å². The molecule has 1 N–H and O–H groups in total. The van der Waals surface area contributed by atoms with Crippen molar-refractivity contribution in [2.75, 3.05) is 32.1 Å². The number of nitrogens with zero attached hydrogens (tertiary/aromatic N) is 3. The third-order valence-electron chi connectivity index (χ3n) is 4.11. The number of thioether (sulfide) groups is 1. The quantitative estimate of drug-likeness (QED) is 0.618. The highest BCUT2D eigenvalue weighted by Gasteiger charge is 2.28. The lowest BCUT2D eigenvalue weighted by atomic mass is 10.2. The van der Waals surface area contributed by atoms with Gasteiger partial charge in [0, 0.05) is 18.0 Å². The molecular formula is C18H20N4O2S. The number of rotatable bonds is 6. The Morgan fingerprint density at radius 1 is 1.36 bits per heavy atom. The molecule has 1 aromatic carbocycles. The fourth-order valence-corrected chi connectivity index (χ4v) is 3.84. The third-order valence-corrected chi connectivity index (χ3v) is 5.35. The maximum absolute atomic E-state index is 12.6. The molecule has 1 fully saturated rings. The van der Waals surface area contributed by atoms with Gasteiger partial charge in [-0.2, -0.15) is 5.26 Å². The van der Waals surface area contributed by atoms with Crippen LogP contribution in [0.25, 0.3) is 0 Å². The molecule has 1 aliphatic carbocycles. The molecule has 1 amide bonds. The predicted octanol–water partition coefficient (Wildman–Crippen LogP) is 1.74. The van der Waals surface area contributed by atoms with Crippen LogP contribution in [0.1, 0.15) is 12.8 Å². The van der Waals surface area contributed by atoms with Crippen LogP contribution in [0.3, 0.4) is 0 Å². The summed E-state index contributed by atoms with van der Waals surface area (Å²) in [4.78, 5) is 29.0. The van der Waals surface area contributed by atoms with E-state index in [9.17, 15) is 14.9 Å². The summed E-state index contributed by atoms with van der Waals surface area (Å²) in [5, 5.41) is 13.0. The standard InChI is InChI=1S/C18H20N4O2S/c1-21(11-17(24)20-12-7-8-12)10-15(23)13(9-19)18-22(2)14-5-3-4-6-16(14)25-18/h3-6,12H,7-8,10-11H2,1-2H3,(H,20,24)/b18-13+. The molecule has 25 heavy (non-hydrogen) atoms. The molecule has 1 aliphatic heterocycles. The number of Topliss-reactive ketones (excluding diaryl/α,β-unsaturated/α-hetero) is 1. The average molecular weight is 356 g/mol. The normalized spacial score (nSPS) is 17.9. The number of benzene rings is 1. The van der Waals surface area contributed by atoms with Crippen LogP contribution in [0.4, 0.5) is 5.69 Å². The number of ketones is 1. The Balaban J connectivity index is 1.67. The van der Waals surface area contributed by atoms with E-state index in [1.165, 1.54) is 11.8 Å². The van der Waals surface area contributed by atoms with E-state index < -0.39 is 0 Å². The second-order valence-corrected chi connectivity index (χ2v) is 7.39. The number of amides is 1. The third kappa shape index (κ3) is 4.03. The topological polar surface area (TPSA) is 76.4 Å². The molecule has 0 aromatic heterocycles. The molecular weight excluding hydrogens is 336 g/mol. The molecule has 0 bridgehead atoms. The molecule has 1 heterocycles. The zero-order valence-corrected chi connectivity index (χ0v) is 15.1. The lowest BCUT2D eigenvalue weighted by Crippen LogP contribution is -2.38. The van der Waals surface area contributed by atoms with Gasteiger partial charge in [0.05, 0.1) is 18.8 Å². The number of likely N-dealkylation sites (N-methyl/N-ethyl adjacent to an activating group) is 1. The largest absolute Gasteiger partial charge is 0.352 e. The molecule has 0 unspecified atom stereocenters. The van der Waals surface area contributed by atoms with Crippen molar-refractivity contribution in [1.29, 1.82) is 5.26 Å². The van der Waals surface area contributed by atoms with Gasteiger partial charge in [0.2, 0.25) is 5.91 Å². The maximum Gasteiger partial charge on any atom is 0.234 e. The van der Waals surface area contributed by atoms with Gasteiger partial charge in [0.15, 0.2) is 5.78 Å². The van der Waals surface area contributed by atoms with Gasteiger partial charge in [-0.1, -0.05) is 23.9 Å². The summed E-state index contributed by atoms with van der Waals surface area (Å²) in [5.41, 5.74) is 1.12. The number of nitrogens with one attached hydrogen (secondary N) is 1. The van der Waals surface area contributed by atoms with Crippen molar-refractivity contribution in [3.8, 4) is 6.07 Å². The Bertz CT molecular complexity index is 780. The molecule has 0 radical (unpaired) electrons. The number of anilines is 1. The summed E-state index contributed by atoms with van der Waals surface area (Å²) in [6, 6.07) is 10.1. The summed E-state index contributed by atoms with van der Waals surface area (Å²) in [5.74, 6) is -0.352. The van der Waals surface area contributed by atoms with Gasteiger partial charge in [-0.05, 0) is 32.0 Å². The number of hydrogen-bond acceptors (Lipinski definition) is 6. The van der Waals surface area contributed by atoms with E-state index in [0.29, 0.717) is 11.1 Å². The monoisotopic (exact) mass is 356 g/mol. The molecule has 0 saturated heterocycles. The smallest absolute Gasteiger partial charge is 0.234 e. The van der Waals surface area contributed by atoms with Gasteiger partial charge in [0.25, 0.3) is 0 Å². The van der Waals surface area contributed by atoms with E-state index >= 15 is 0 Å². The van der Waals surface area contributed by atoms with Crippen molar-refractivity contribution >= 4 is 29.1 Å². The van der Waals surface area contributed by atoms with Crippen LogP contribution < -0.4 is 10.2 Å². The zero-order valence-electron chi connectivity index (χ0n) is 14.3. The fraction of sp³-hybridized carbons (Fsp3) is 0.389. The Kier molecular flexibility index (Phi) is 5.11. The molecule has 130 valence electrons. The van der Waals surface area contributed by atoms with E-state index in [1.807, 2.05) is 36.2 Å². The van der Waals surface area contributed by atoms with Gasteiger partial charge in [0.1, 0.15) is 16.7 Å². The van der Waals surface area contributed by atoms with Crippen molar-refractivity contribution in [2.45, 2.75) is 23.8 Å². The van der Waals surface area contributed by atoms with Crippen LogP contribution in [0, 0.1) is 11.3 Å². The number of carbonyl (C=O) groups excluding carboxylic acids is 2. The van der Waals surface area contributed by atoms with Gasteiger partial charge >= 0.3 is 0 Å². The first-order valence-electron chi connectivity index (χ1n) is 8.15. The first-order valence-corrected chi connectivity index (χ1v) is 8.97. The number of para-hydroxylation sites is 1. The predicted molar refractivity (Wildman–Crippen MR) is 97.0 cm³/mol. The highest BCUT2D eigenvalue weighted by Crippen LogP contribution is 2.46. The van der Waals surface area contributed by atoms with Crippen LogP contribution in [0.15, 0.2) is 39.8 Å². The van der Waals surface area contributed by atoms with E-state index in [-0.39, 0.29) is 30.4 Å². The highest BCUT2D eigenvalue weighted by atomic mass is 32.2. The van der Waals surface area contributed by atoms with E-state index in [1.54, 1.807) is 11.9 Å². The van der Waals surface area contributed by atoms with Crippen LogP contribution in [-0.2, 0) is 9.59 Å². The minimum atomic E-state index is -0.272. The van der Waals surface area contributed by atoms with Crippen molar-refractivity contribution in [3.63, 3.8) is 0 Å². The molecule has 7 heteroatoms. The van der Waals surface area contributed by atoms with Crippen LogP contribution >= 0.6 is 11.8 Å². The first-order chi connectivity index (χ1) is 12.0. The minimum absolute atomic E-state index is 0.0369. The van der Waals surface area contributed by atoms with Crippen molar-refractivity contribution in [3.05, 3.63) is 34.9 Å².